The maximum Gasteiger partial charge on any atom is 0.160 e. The predicted octanol–water partition coefficient (Wildman–Crippen LogP) is 6.15. The fourth-order valence-corrected chi connectivity index (χ4v) is 4.06. The van der Waals surface area contributed by atoms with Crippen LogP contribution in [-0.4, -0.2) is 32.4 Å². The van der Waals surface area contributed by atoms with Gasteiger partial charge in [0.05, 0.1) is 20.3 Å². The highest BCUT2D eigenvalue weighted by Crippen LogP contribution is 2.29. The summed E-state index contributed by atoms with van der Waals surface area (Å²) in [6, 6.07) is 31.5. The van der Waals surface area contributed by atoms with E-state index in [1.54, 1.807) is 14.2 Å². The predicted molar refractivity (Wildman–Crippen MR) is 156 cm³/mol. The van der Waals surface area contributed by atoms with Crippen molar-refractivity contribution in [2.24, 2.45) is 0 Å². The number of hydrogen-bond donors (Lipinski definition) is 2. The standard InChI is InChI=1S/C32H35NO5.ClH/c1-35-31-14-13-24(17-32(31)36-2)15-16-33-21-30(34)27-18-28(37-22-25-9-5-3-6-10-25)20-29(19-27)38-23-26-11-7-4-8-12-26;/h3-14,17-20,30,33-34H,15-16,21-23H2,1-2H3;1H. The molecule has 206 valence electrons. The van der Waals surface area contributed by atoms with Gasteiger partial charge in [-0.1, -0.05) is 66.7 Å². The van der Waals surface area contributed by atoms with Gasteiger partial charge in [-0.05, 0) is 59.5 Å². The fourth-order valence-electron chi connectivity index (χ4n) is 4.06. The summed E-state index contributed by atoms with van der Waals surface area (Å²) < 4.78 is 22.8. The van der Waals surface area contributed by atoms with Gasteiger partial charge >= 0.3 is 0 Å². The molecule has 0 bridgehead atoms. The van der Waals surface area contributed by atoms with Crippen molar-refractivity contribution in [3.63, 3.8) is 0 Å². The van der Waals surface area contributed by atoms with Crippen LogP contribution >= 0.6 is 12.4 Å². The highest BCUT2D eigenvalue weighted by atomic mass is 35.5. The van der Waals surface area contributed by atoms with E-state index < -0.39 is 6.10 Å². The number of hydrogen-bond acceptors (Lipinski definition) is 6. The van der Waals surface area contributed by atoms with Gasteiger partial charge in [-0.3, -0.25) is 0 Å². The molecule has 4 aromatic carbocycles. The first-order chi connectivity index (χ1) is 18.6. The SMILES string of the molecule is COc1ccc(CCNCC(O)c2cc(OCc3ccccc3)cc(OCc3ccccc3)c2)cc1OC.Cl. The lowest BCUT2D eigenvalue weighted by molar-refractivity contribution is 0.173. The number of rotatable bonds is 14. The number of benzene rings is 4. The zero-order chi connectivity index (χ0) is 26.6. The van der Waals surface area contributed by atoms with E-state index in [0.29, 0.717) is 49.3 Å². The van der Waals surface area contributed by atoms with Gasteiger partial charge in [0.15, 0.2) is 11.5 Å². The smallest absolute Gasteiger partial charge is 0.160 e. The summed E-state index contributed by atoms with van der Waals surface area (Å²) >= 11 is 0. The molecule has 4 aromatic rings. The summed E-state index contributed by atoms with van der Waals surface area (Å²) in [5.74, 6) is 2.72. The Hall–Kier alpha value is -3.71. The van der Waals surface area contributed by atoms with E-state index in [9.17, 15) is 5.11 Å². The first-order valence-corrected chi connectivity index (χ1v) is 12.7. The van der Waals surface area contributed by atoms with Crippen LogP contribution in [0.15, 0.2) is 97.1 Å². The third-order valence-corrected chi connectivity index (χ3v) is 6.16. The van der Waals surface area contributed by atoms with Crippen LogP contribution in [0.3, 0.4) is 0 Å². The Bertz CT molecular complexity index is 1210. The number of ether oxygens (including phenoxy) is 4. The number of aliphatic hydroxyl groups is 1. The molecule has 1 unspecified atom stereocenters. The molecule has 1 atom stereocenters. The minimum absolute atomic E-state index is 0. The monoisotopic (exact) mass is 549 g/mol. The summed E-state index contributed by atoms with van der Waals surface area (Å²) in [4.78, 5) is 0. The van der Waals surface area contributed by atoms with E-state index in [-0.39, 0.29) is 12.4 Å². The topological polar surface area (TPSA) is 69.2 Å². The van der Waals surface area contributed by atoms with Gasteiger partial charge in [-0.2, -0.15) is 0 Å². The van der Waals surface area contributed by atoms with Crippen molar-refractivity contribution in [3.8, 4) is 23.0 Å². The van der Waals surface area contributed by atoms with Crippen molar-refractivity contribution >= 4 is 12.4 Å². The molecule has 0 aliphatic rings. The first kappa shape index (κ1) is 29.8. The summed E-state index contributed by atoms with van der Waals surface area (Å²) in [5, 5.41) is 14.3. The normalized spacial score (nSPS) is 11.3. The number of nitrogens with one attached hydrogen (secondary N) is 1. The van der Waals surface area contributed by atoms with Crippen LogP contribution in [0.1, 0.15) is 28.4 Å². The highest BCUT2D eigenvalue weighted by molar-refractivity contribution is 5.85. The Labute approximate surface area is 236 Å². The van der Waals surface area contributed by atoms with Crippen LogP contribution in [0, 0.1) is 0 Å². The quantitative estimate of drug-likeness (QED) is 0.184. The zero-order valence-corrected chi connectivity index (χ0v) is 23.2. The van der Waals surface area contributed by atoms with Gasteiger partial charge in [-0.15, -0.1) is 12.4 Å². The zero-order valence-electron chi connectivity index (χ0n) is 22.3. The van der Waals surface area contributed by atoms with Crippen molar-refractivity contribution < 1.29 is 24.1 Å². The molecule has 0 aromatic heterocycles. The van der Waals surface area contributed by atoms with Gasteiger partial charge < -0.3 is 29.4 Å². The Kier molecular flexibility index (Phi) is 12.0. The van der Waals surface area contributed by atoms with E-state index in [1.807, 2.05) is 97.1 Å². The molecular weight excluding hydrogens is 514 g/mol. The molecule has 0 fully saturated rings. The second-order valence-electron chi connectivity index (χ2n) is 8.95. The lowest BCUT2D eigenvalue weighted by atomic mass is 10.1. The maximum atomic E-state index is 11.0. The van der Waals surface area contributed by atoms with E-state index in [4.69, 9.17) is 18.9 Å². The van der Waals surface area contributed by atoms with E-state index in [1.165, 1.54) is 0 Å². The van der Waals surface area contributed by atoms with Crippen molar-refractivity contribution in [2.75, 3.05) is 27.3 Å². The average molecular weight is 550 g/mol. The third kappa shape index (κ3) is 9.21. The van der Waals surface area contributed by atoms with Gasteiger partial charge in [0, 0.05) is 12.6 Å². The van der Waals surface area contributed by atoms with Gasteiger partial charge in [0.25, 0.3) is 0 Å². The summed E-state index contributed by atoms with van der Waals surface area (Å²) in [7, 11) is 3.26. The number of methoxy groups -OCH3 is 2. The van der Waals surface area contributed by atoms with Crippen molar-refractivity contribution in [1.29, 1.82) is 0 Å². The van der Waals surface area contributed by atoms with Crippen LogP contribution in [0.5, 0.6) is 23.0 Å². The van der Waals surface area contributed by atoms with E-state index >= 15 is 0 Å². The molecule has 0 saturated heterocycles. The van der Waals surface area contributed by atoms with Gasteiger partial charge in [0.1, 0.15) is 24.7 Å². The third-order valence-electron chi connectivity index (χ3n) is 6.16. The Morgan fingerprint density at radius 1 is 0.667 bits per heavy atom. The van der Waals surface area contributed by atoms with E-state index in [2.05, 4.69) is 5.32 Å². The van der Waals surface area contributed by atoms with Gasteiger partial charge in [0.2, 0.25) is 0 Å². The molecule has 0 radical (unpaired) electrons. The van der Waals surface area contributed by atoms with Crippen molar-refractivity contribution in [2.45, 2.75) is 25.7 Å². The van der Waals surface area contributed by atoms with Gasteiger partial charge in [-0.25, -0.2) is 0 Å². The summed E-state index contributed by atoms with van der Waals surface area (Å²) in [6.45, 7) is 1.96. The Balaban J connectivity index is 0.00000420. The minimum Gasteiger partial charge on any atom is -0.493 e. The molecule has 6 nitrogen and oxygen atoms in total. The Morgan fingerprint density at radius 2 is 1.23 bits per heavy atom. The fraction of sp³-hybridized carbons (Fsp3) is 0.250. The average Bonchev–Trinajstić information content (AvgIpc) is 2.98. The van der Waals surface area contributed by atoms with E-state index in [0.717, 1.165) is 28.7 Å². The molecule has 0 heterocycles. The largest absolute Gasteiger partial charge is 0.493 e. The molecule has 4 rings (SSSR count). The molecule has 39 heavy (non-hydrogen) atoms. The molecule has 0 aliphatic carbocycles. The first-order valence-electron chi connectivity index (χ1n) is 12.7. The molecule has 2 N–H and O–H groups in total. The minimum atomic E-state index is -0.722. The lowest BCUT2D eigenvalue weighted by Crippen LogP contribution is -2.23. The lowest BCUT2D eigenvalue weighted by Gasteiger charge is -2.17. The van der Waals surface area contributed by atoms with Crippen LogP contribution in [-0.2, 0) is 19.6 Å². The second-order valence-corrected chi connectivity index (χ2v) is 8.95. The van der Waals surface area contributed by atoms with Crippen LogP contribution in [0.4, 0.5) is 0 Å². The molecule has 0 aliphatic heterocycles. The maximum absolute atomic E-state index is 11.0. The number of aliphatic hydroxyl groups excluding tert-OH is 1. The highest BCUT2D eigenvalue weighted by Gasteiger charge is 2.13. The summed E-state index contributed by atoms with van der Waals surface area (Å²) in [6.07, 6.45) is 0.0680. The molecule has 0 saturated carbocycles. The molecular formula is C32H36ClNO5. The molecule has 0 amide bonds. The summed E-state index contributed by atoms with van der Waals surface area (Å²) in [5.41, 5.74) is 4.00. The van der Waals surface area contributed by atoms with Crippen LogP contribution < -0.4 is 24.3 Å². The number of halogens is 1. The molecule has 7 heteroatoms. The second kappa shape index (κ2) is 15.6. The Morgan fingerprint density at radius 3 is 1.77 bits per heavy atom. The van der Waals surface area contributed by atoms with Crippen LogP contribution in [0.25, 0.3) is 0 Å². The van der Waals surface area contributed by atoms with Crippen LogP contribution in [0.2, 0.25) is 0 Å². The molecule has 0 spiro atoms. The van der Waals surface area contributed by atoms with Crippen molar-refractivity contribution in [1.82, 2.24) is 5.32 Å². The van der Waals surface area contributed by atoms with Crippen molar-refractivity contribution in [3.05, 3.63) is 119 Å².